The quantitative estimate of drug-likeness (QED) is 0.787. The summed E-state index contributed by atoms with van der Waals surface area (Å²) in [6, 6.07) is 0. The average molecular weight is 224 g/mol. The molecule has 0 aromatic rings. The van der Waals surface area contributed by atoms with E-state index in [4.69, 9.17) is 0 Å². The Morgan fingerprint density at radius 1 is 1.25 bits per heavy atom. The lowest BCUT2D eigenvalue weighted by molar-refractivity contribution is -0.154. The van der Waals surface area contributed by atoms with E-state index in [9.17, 15) is 9.90 Å². The van der Waals surface area contributed by atoms with Gasteiger partial charge in [0.1, 0.15) is 0 Å². The van der Waals surface area contributed by atoms with E-state index in [1.807, 2.05) is 0 Å². The van der Waals surface area contributed by atoms with Crippen molar-refractivity contribution in [1.82, 2.24) is 0 Å². The van der Waals surface area contributed by atoms with Crippen LogP contribution in [0.15, 0.2) is 0 Å². The van der Waals surface area contributed by atoms with Crippen molar-refractivity contribution in [3.63, 3.8) is 0 Å². The lowest BCUT2D eigenvalue weighted by atomic mass is 9.62. The maximum Gasteiger partial charge on any atom is 0.309 e. The van der Waals surface area contributed by atoms with Gasteiger partial charge in [-0.25, -0.2) is 0 Å². The van der Waals surface area contributed by atoms with Crippen LogP contribution in [0, 0.1) is 17.3 Å². The number of rotatable bonds is 4. The number of hydrogen-bond acceptors (Lipinski definition) is 1. The van der Waals surface area contributed by atoms with Crippen molar-refractivity contribution in [1.29, 1.82) is 0 Å². The molecule has 92 valence electrons. The van der Waals surface area contributed by atoms with Gasteiger partial charge in [0.25, 0.3) is 0 Å². The lowest BCUT2D eigenvalue weighted by Gasteiger charge is -2.41. The molecule has 2 rings (SSSR count). The number of carboxylic acids is 1. The van der Waals surface area contributed by atoms with Gasteiger partial charge in [0.05, 0.1) is 5.41 Å². The molecule has 2 unspecified atom stereocenters. The van der Waals surface area contributed by atoms with E-state index in [0.29, 0.717) is 11.8 Å². The van der Waals surface area contributed by atoms with Crippen LogP contribution in [0.2, 0.25) is 0 Å². The smallest absolute Gasteiger partial charge is 0.309 e. The van der Waals surface area contributed by atoms with Crippen molar-refractivity contribution in [2.45, 2.75) is 64.7 Å². The van der Waals surface area contributed by atoms with Crippen molar-refractivity contribution in [3.05, 3.63) is 0 Å². The van der Waals surface area contributed by atoms with Crippen LogP contribution < -0.4 is 0 Å². The third-order valence-corrected chi connectivity index (χ3v) is 4.88. The minimum atomic E-state index is -0.516. The molecule has 2 nitrogen and oxygen atoms in total. The highest BCUT2D eigenvalue weighted by atomic mass is 16.4. The van der Waals surface area contributed by atoms with Crippen molar-refractivity contribution in [2.24, 2.45) is 17.3 Å². The largest absolute Gasteiger partial charge is 0.481 e. The highest BCUT2D eigenvalue weighted by molar-refractivity contribution is 5.74. The molecule has 2 heteroatoms. The predicted molar refractivity (Wildman–Crippen MR) is 64.3 cm³/mol. The highest BCUT2D eigenvalue weighted by Gasteiger charge is 2.44. The van der Waals surface area contributed by atoms with Crippen LogP contribution in [0.5, 0.6) is 0 Å². The van der Waals surface area contributed by atoms with E-state index in [2.05, 4.69) is 6.92 Å². The van der Waals surface area contributed by atoms with Crippen molar-refractivity contribution >= 4 is 5.97 Å². The number of carbonyl (C=O) groups is 1. The Bertz CT molecular complexity index is 253. The molecule has 2 fully saturated rings. The fourth-order valence-electron chi connectivity index (χ4n) is 3.55. The van der Waals surface area contributed by atoms with Crippen LogP contribution in [-0.2, 0) is 4.79 Å². The molecule has 0 amide bonds. The van der Waals surface area contributed by atoms with Gasteiger partial charge in [-0.3, -0.25) is 4.79 Å². The molecule has 2 atom stereocenters. The predicted octanol–water partition coefficient (Wildman–Crippen LogP) is 3.85. The zero-order chi connectivity index (χ0) is 11.6. The highest BCUT2D eigenvalue weighted by Crippen LogP contribution is 2.48. The van der Waals surface area contributed by atoms with Crippen molar-refractivity contribution in [2.75, 3.05) is 0 Å². The summed E-state index contributed by atoms with van der Waals surface area (Å²) in [6.45, 7) is 2.20. The van der Waals surface area contributed by atoms with Gasteiger partial charge in [0.15, 0.2) is 0 Å². The van der Waals surface area contributed by atoms with Gasteiger partial charge in [0.2, 0.25) is 0 Å². The topological polar surface area (TPSA) is 37.3 Å². The summed E-state index contributed by atoms with van der Waals surface area (Å²) < 4.78 is 0. The third kappa shape index (κ3) is 2.26. The van der Waals surface area contributed by atoms with Crippen molar-refractivity contribution in [3.8, 4) is 0 Å². The first-order valence-electron chi connectivity index (χ1n) is 6.89. The van der Waals surface area contributed by atoms with Gasteiger partial charge >= 0.3 is 5.97 Å². The maximum atomic E-state index is 11.6. The normalized spacial score (nSPS) is 35.7. The summed E-state index contributed by atoms with van der Waals surface area (Å²) in [5, 5.41) is 9.57. The van der Waals surface area contributed by atoms with E-state index < -0.39 is 5.97 Å². The summed E-state index contributed by atoms with van der Waals surface area (Å²) >= 11 is 0. The molecule has 0 spiro atoms. The Morgan fingerprint density at radius 2 is 1.94 bits per heavy atom. The van der Waals surface area contributed by atoms with E-state index in [0.717, 1.165) is 32.1 Å². The first-order valence-corrected chi connectivity index (χ1v) is 6.89. The fraction of sp³-hybridized carbons (Fsp3) is 0.929. The van der Waals surface area contributed by atoms with E-state index >= 15 is 0 Å². The second-order valence-corrected chi connectivity index (χ2v) is 5.96. The van der Waals surface area contributed by atoms with Crippen LogP contribution in [0.4, 0.5) is 0 Å². The summed E-state index contributed by atoms with van der Waals surface area (Å²) in [7, 11) is 0. The van der Waals surface area contributed by atoms with Crippen LogP contribution in [0.25, 0.3) is 0 Å². The molecule has 0 aromatic heterocycles. The van der Waals surface area contributed by atoms with Crippen LogP contribution in [0.3, 0.4) is 0 Å². The Hall–Kier alpha value is -0.530. The number of hydrogen-bond donors (Lipinski definition) is 1. The van der Waals surface area contributed by atoms with E-state index in [-0.39, 0.29) is 5.41 Å². The molecule has 0 bridgehead atoms. The van der Waals surface area contributed by atoms with Gasteiger partial charge in [-0.1, -0.05) is 45.4 Å². The summed E-state index contributed by atoms with van der Waals surface area (Å²) in [4.78, 5) is 11.6. The molecule has 0 saturated heterocycles. The molecule has 2 aliphatic carbocycles. The molecule has 0 heterocycles. The van der Waals surface area contributed by atoms with Crippen LogP contribution >= 0.6 is 0 Å². The summed E-state index contributed by atoms with van der Waals surface area (Å²) in [6.07, 6.45) is 10.2. The number of carboxylic acid groups (broad SMARTS) is 1. The van der Waals surface area contributed by atoms with Gasteiger partial charge < -0.3 is 5.11 Å². The Balaban J connectivity index is 2.04. The van der Waals surface area contributed by atoms with Gasteiger partial charge in [-0.15, -0.1) is 0 Å². The second kappa shape index (κ2) is 4.77. The van der Waals surface area contributed by atoms with Gasteiger partial charge in [0, 0.05) is 0 Å². The maximum absolute atomic E-state index is 11.6. The molecular weight excluding hydrogens is 200 g/mol. The van der Waals surface area contributed by atoms with Gasteiger partial charge in [-0.2, -0.15) is 0 Å². The Morgan fingerprint density at radius 3 is 2.44 bits per heavy atom. The molecule has 0 aromatic carbocycles. The second-order valence-electron chi connectivity index (χ2n) is 5.96. The third-order valence-electron chi connectivity index (χ3n) is 4.88. The zero-order valence-corrected chi connectivity index (χ0v) is 10.4. The van der Waals surface area contributed by atoms with Crippen molar-refractivity contribution < 1.29 is 9.90 Å². The number of aliphatic carboxylic acids is 1. The minimum absolute atomic E-state index is 0.357. The minimum Gasteiger partial charge on any atom is -0.481 e. The molecule has 2 aliphatic rings. The molecular formula is C14H24O2. The molecule has 0 aliphatic heterocycles. The fourth-order valence-corrected chi connectivity index (χ4v) is 3.55. The van der Waals surface area contributed by atoms with Gasteiger partial charge in [-0.05, 0) is 31.1 Å². The Kier molecular flexibility index (Phi) is 3.56. The van der Waals surface area contributed by atoms with Crippen LogP contribution in [-0.4, -0.2) is 11.1 Å². The zero-order valence-electron chi connectivity index (χ0n) is 10.4. The first-order chi connectivity index (χ1) is 7.66. The Labute approximate surface area is 98.4 Å². The van der Waals surface area contributed by atoms with E-state index in [1.54, 1.807) is 0 Å². The average Bonchev–Trinajstić information content (AvgIpc) is 2.24. The summed E-state index contributed by atoms with van der Waals surface area (Å²) in [5.41, 5.74) is -0.357. The summed E-state index contributed by atoms with van der Waals surface area (Å²) in [5.74, 6) is 0.856. The monoisotopic (exact) mass is 224 g/mol. The molecule has 2 saturated carbocycles. The van der Waals surface area contributed by atoms with Crippen LogP contribution in [0.1, 0.15) is 64.7 Å². The first kappa shape index (κ1) is 11.9. The molecule has 1 N–H and O–H groups in total. The standard InChI is InChI=1S/C14H24O2/c1-2-11-7-4-8-14(9-11,13(15)16)10-12-5-3-6-12/h11-12H,2-10H2,1H3,(H,15,16). The molecule has 16 heavy (non-hydrogen) atoms. The molecule has 0 radical (unpaired) electrons. The van der Waals surface area contributed by atoms with E-state index in [1.165, 1.54) is 25.7 Å². The lowest BCUT2D eigenvalue weighted by Crippen LogP contribution is -2.39. The SMILES string of the molecule is CCC1CCCC(CC2CCC2)(C(=O)O)C1.